The van der Waals surface area contributed by atoms with Crippen molar-refractivity contribution in [2.24, 2.45) is 0 Å². The standard InChI is InChI=1S/C6H3BrN2S/c7-5-4-1-2-10-6(4)9-3-8-5/h1-3H. The fraction of sp³-hybridized carbons (Fsp3) is 0. The molecule has 0 spiro atoms. The summed E-state index contributed by atoms with van der Waals surface area (Å²) in [5.74, 6) is 0. The average Bonchev–Trinajstić information content (AvgIpc) is 2.36. The van der Waals surface area contributed by atoms with Gasteiger partial charge in [0.25, 0.3) is 0 Å². The van der Waals surface area contributed by atoms with Gasteiger partial charge in [0.05, 0.1) is 0 Å². The van der Waals surface area contributed by atoms with Crippen molar-refractivity contribution in [1.82, 2.24) is 9.97 Å². The molecule has 0 aliphatic carbocycles. The molecule has 10 heavy (non-hydrogen) atoms. The van der Waals surface area contributed by atoms with Crippen LogP contribution in [0.15, 0.2) is 22.4 Å². The van der Waals surface area contributed by atoms with Crippen molar-refractivity contribution in [2.75, 3.05) is 0 Å². The molecule has 0 fully saturated rings. The third kappa shape index (κ3) is 0.839. The van der Waals surface area contributed by atoms with Crippen LogP contribution < -0.4 is 0 Å². The molecule has 2 heterocycles. The first-order chi connectivity index (χ1) is 4.88. The van der Waals surface area contributed by atoms with Crippen molar-refractivity contribution in [1.29, 1.82) is 0 Å². The Morgan fingerprint density at radius 1 is 1.40 bits per heavy atom. The summed E-state index contributed by atoms with van der Waals surface area (Å²) >= 11 is 4.95. The zero-order valence-corrected chi connectivity index (χ0v) is 7.32. The summed E-state index contributed by atoms with van der Waals surface area (Å²) in [6, 6.07) is 2.00. The first-order valence-electron chi connectivity index (χ1n) is 2.71. The maximum Gasteiger partial charge on any atom is 0.127 e. The highest BCUT2D eigenvalue weighted by Gasteiger charge is 1.98. The topological polar surface area (TPSA) is 25.8 Å². The van der Waals surface area contributed by atoms with Crippen LogP contribution in [0.1, 0.15) is 0 Å². The first kappa shape index (κ1) is 6.24. The second kappa shape index (κ2) is 2.29. The van der Waals surface area contributed by atoms with Crippen LogP contribution in [0.4, 0.5) is 0 Å². The largest absolute Gasteiger partial charge is 0.229 e. The number of nitrogens with zero attached hydrogens (tertiary/aromatic N) is 2. The number of fused-ring (bicyclic) bond motifs is 1. The Kier molecular flexibility index (Phi) is 1.43. The lowest BCUT2D eigenvalue weighted by Gasteiger charge is -1.88. The third-order valence-corrected chi connectivity index (χ3v) is 2.67. The maximum atomic E-state index is 4.08. The lowest BCUT2D eigenvalue weighted by molar-refractivity contribution is 1.20. The van der Waals surface area contributed by atoms with Crippen LogP contribution in [0.25, 0.3) is 10.2 Å². The van der Waals surface area contributed by atoms with Gasteiger partial charge in [-0.2, -0.15) is 0 Å². The highest BCUT2D eigenvalue weighted by molar-refractivity contribution is 9.10. The van der Waals surface area contributed by atoms with Crippen molar-refractivity contribution in [2.45, 2.75) is 0 Å². The van der Waals surface area contributed by atoms with E-state index in [0.717, 1.165) is 14.8 Å². The van der Waals surface area contributed by atoms with Crippen molar-refractivity contribution >= 4 is 37.5 Å². The maximum absolute atomic E-state index is 4.08. The van der Waals surface area contributed by atoms with Gasteiger partial charge in [-0.25, -0.2) is 9.97 Å². The Morgan fingerprint density at radius 2 is 2.30 bits per heavy atom. The lowest BCUT2D eigenvalue weighted by Crippen LogP contribution is -1.76. The number of aromatic nitrogens is 2. The van der Waals surface area contributed by atoms with Crippen molar-refractivity contribution in [3.63, 3.8) is 0 Å². The van der Waals surface area contributed by atoms with E-state index in [9.17, 15) is 0 Å². The van der Waals surface area contributed by atoms with Gasteiger partial charge in [0.15, 0.2) is 0 Å². The summed E-state index contributed by atoms with van der Waals surface area (Å²) in [6.07, 6.45) is 1.56. The predicted octanol–water partition coefficient (Wildman–Crippen LogP) is 2.45. The third-order valence-electron chi connectivity index (χ3n) is 1.21. The van der Waals surface area contributed by atoms with Crippen LogP contribution in [-0.2, 0) is 0 Å². The van der Waals surface area contributed by atoms with Gasteiger partial charge in [-0.1, -0.05) is 0 Å². The monoisotopic (exact) mass is 214 g/mol. The van der Waals surface area contributed by atoms with Gasteiger partial charge in [-0.3, -0.25) is 0 Å². The first-order valence-corrected chi connectivity index (χ1v) is 4.39. The van der Waals surface area contributed by atoms with E-state index in [-0.39, 0.29) is 0 Å². The number of hydrogen-bond donors (Lipinski definition) is 0. The van der Waals surface area contributed by atoms with Crippen LogP contribution >= 0.6 is 27.3 Å². The number of rotatable bonds is 0. The van der Waals surface area contributed by atoms with Gasteiger partial charge >= 0.3 is 0 Å². The molecule has 0 saturated heterocycles. The van der Waals surface area contributed by atoms with Crippen molar-refractivity contribution in [3.8, 4) is 0 Å². The highest BCUT2D eigenvalue weighted by Crippen LogP contribution is 2.23. The minimum Gasteiger partial charge on any atom is -0.229 e. The van der Waals surface area contributed by atoms with Crippen LogP contribution in [0, 0.1) is 0 Å². The van der Waals surface area contributed by atoms with Crippen molar-refractivity contribution < 1.29 is 0 Å². The van der Waals surface area contributed by atoms with Crippen molar-refractivity contribution in [3.05, 3.63) is 22.4 Å². The summed E-state index contributed by atoms with van der Waals surface area (Å²) in [6.45, 7) is 0. The Balaban J connectivity index is 2.95. The quantitative estimate of drug-likeness (QED) is 0.631. The predicted molar refractivity (Wildman–Crippen MR) is 45.1 cm³/mol. The molecule has 0 aliphatic heterocycles. The SMILES string of the molecule is Brc1ncnc2sccc12. The molecule has 0 aliphatic rings. The fourth-order valence-corrected chi connectivity index (χ4v) is 2.04. The number of thiophene rings is 1. The molecule has 2 aromatic heterocycles. The molecule has 0 amide bonds. The summed E-state index contributed by atoms with van der Waals surface area (Å²) in [7, 11) is 0. The Labute approximate surface area is 70.1 Å². The van der Waals surface area contributed by atoms with Gasteiger partial charge in [-0.05, 0) is 27.4 Å². The van der Waals surface area contributed by atoms with Crippen LogP contribution in [-0.4, -0.2) is 9.97 Å². The zero-order chi connectivity index (χ0) is 6.97. The van der Waals surface area contributed by atoms with Gasteiger partial charge in [0.2, 0.25) is 0 Å². The molecule has 4 heteroatoms. The number of halogens is 1. The molecule has 2 nitrogen and oxygen atoms in total. The van der Waals surface area contributed by atoms with Crippen LogP contribution in [0.3, 0.4) is 0 Å². The minimum atomic E-state index is 0.874. The van der Waals surface area contributed by atoms with E-state index >= 15 is 0 Å². The van der Waals surface area contributed by atoms with Gasteiger partial charge in [0.1, 0.15) is 15.8 Å². The molecule has 0 atom stereocenters. The minimum absolute atomic E-state index is 0.874. The molecule has 0 unspecified atom stereocenters. The molecule has 0 N–H and O–H groups in total. The molecule has 0 saturated carbocycles. The Bertz CT molecular complexity index is 357. The molecule has 0 aromatic carbocycles. The Morgan fingerprint density at radius 3 is 3.10 bits per heavy atom. The molecule has 50 valence electrons. The highest BCUT2D eigenvalue weighted by atomic mass is 79.9. The summed E-state index contributed by atoms with van der Waals surface area (Å²) in [5, 5.41) is 3.09. The molecular weight excluding hydrogens is 212 g/mol. The fourth-order valence-electron chi connectivity index (χ4n) is 0.760. The van der Waals surface area contributed by atoms with E-state index in [1.807, 2.05) is 11.4 Å². The van der Waals surface area contributed by atoms with Crippen LogP contribution in [0.5, 0.6) is 0 Å². The second-order valence-electron chi connectivity index (χ2n) is 1.80. The smallest absolute Gasteiger partial charge is 0.127 e. The second-order valence-corrected chi connectivity index (χ2v) is 3.45. The van der Waals surface area contributed by atoms with E-state index < -0.39 is 0 Å². The van der Waals surface area contributed by atoms with E-state index in [1.165, 1.54) is 0 Å². The zero-order valence-electron chi connectivity index (χ0n) is 4.91. The molecule has 2 aromatic rings. The van der Waals surface area contributed by atoms with Gasteiger partial charge < -0.3 is 0 Å². The lowest BCUT2D eigenvalue weighted by atomic mass is 10.4. The number of hydrogen-bond acceptors (Lipinski definition) is 3. The summed E-state index contributed by atoms with van der Waals surface area (Å²) < 4.78 is 0.874. The molecule has 2 rings (SSSR count). The van der Waals surface area contributed by atoms with Crippen LogP contribution in [0.2, 0.25) is 0 Å². The summed E-state index contributed by atoms with van der Waals surface area (Å²) in [4.78, 5) is 9.10. The summed E-state index contributed by atoms with van der Waals surface area (Å²) in [5.41, 5.74) is 0. The van der Waals surface area contributed by atoms with E-state index in [2.05, 4.69) is 25.9 Å². The van der Waals surface area contributed by atoms with Gasteiger partial charge in [0, 0.05) is 5.39 Å². The average molecular weight is 215 g/mol. The van der Waals surface area contributed by atoms with Gasteiger partial charge in [-0.15, -0.1) is 11.3 Å². The molecule has 0 radical (unpaired) electrons. The van der Waals surface area contributed by atoms with E-state index in [1.54, 1.807) is 17.7 Å². The Hall–Kier alpha value is -0.480. The molecular formula is C6H3BrN2S. The van der Waals surface area contributed by atoms with E-state index in [0.29, 0.717) is 0 Å². The van der Waals surface area contributed by atoms with E-state index in [4.69, 9.17) is 0 Å². The molecule has 0 bridgehead atoms. The normalized spacial score (nSPS) is 10.5.